The molecule has 7 nitrogen and oxygen atoms in total. The van der Waals surface area contributed by atoms with Gasteiger partial charge in [0.1, 0.15) is 5.82 Å². The normalized spacial score (nSPS) is 15.0. The Labute approximate surface area is 123 Å². The number of aryl methyl sites for hydroxylation is 1. The first kappa shape index (κ1) is 15.1. The number of carbonyl (C=O) groups excluding carboxylic acids is 1. The van der Waals surface area contributed by atoms with E-state index < -0.39 is 5.97 Å². The molecule has 1 saturated heterocycles. The standard InChI is InChI=1S/C14H19N3O4/c1-3-21-14(20)17-8-6-16(7-9-17)12-5-4-11(13(18)19)10(2)15-12/h4-5H,3,6-9H2,1-2H3,(H,18,19). The fourth-order valence-electron chi connectivity index (χ4n) is 2.28. The molecule has 21 heavy (non-hydrogen) atoms. The van der Waals surface area contributed by atoms with Gasteiger partial charge in [0, 0.05) is 26.2 Å². The number of nitrogens with zero attached hydrogens (tertiary/aromatic N) is 3. The second-order valence-corrected chi connectivity index (χ2v) is 4.78. The third-order valence-electron chi connectivity index (χ3n) is 3.43. The predicted molar refractivity (Wildman–Crippen MR) is 76.7 cm³/mol. The zero-order chi connectivity index (χ0) is 15.4. The van der Waals surface area contributed by atoms with Gasteiger partial charge in [0.05, 0.1) is 17.9 Å². The van der Waals surface area contributed by atoms with Gasteiger partial charge in [-0.15, -0.1) is 0 Å². The number of aromatic nitrogens is 1. The molecule has 0 unspecified atom stereocenters. The average molecular weight is 293 g/mol. The number of anilines is 1. The maximum Gasteiger partial charge on any atom is 0.409 e. The fraction of sp³-hybridized carbons (Fsp3) is 0.500. The lowest BCUT2D eigenvalue weighted by Gasteiger charge is -2.34. The van der Waals surface area contributed by atoms with Gasteiger partial charge in [0.25, 0.3) is 0 Å². The van der Waals surface area contributed by atoms with Crippen LogP contribution in [0.1, 0.15) is 23.0 Å². The molecule has 0 atom stereocenters. The minimum absolute atomic E-state index is 0.212. The summed E-state index contributed by atoms with van der Waals surface area (Å²) >= 11 is 0. The lowest BCUT2D eigenvalue weighted by molar-refractivity contribution is 0.0695. The van der Waals surface area contributed by atoms with Crippen LogP contribution in [-0.4, -0.2) is 59.8 Å². The van der Waals surface area contributed by atoms with E-state index in [4.69, 9.17) is 9.84 Å². The van der Waals surface area contributed by atoms with E-state index in [0.29, 0.717) is 38.5 Å². The Balaban J connectivity index is 2.01. The smallest absolute Gasteiger partial charge is 0.409 e. The molecule has 1 fully saturated rings. The monoisotopic (exact) mass is 293 g/mol. The van der Waals surface area contributed by atoms with Crippen molar-refractivity contribution in [3.63, 3.8) is 0 Å². The number of pyridine rings is 1. The molecule has 0 bridgehead atoms. The third-order valence-corrected chi connectivity index (χ3v) is 3.43. The van der Waals surface area contributed by atoms with Gasteiger partial charge in [-0.2, -0.15) is 0 Å². The Bertz CT molecular complexity index is 539. The van der Waals surface area contributed by atoms with E-state index in [-0.39, 0.29) is 11.7 Å². The van der Waals surface area contributed by atoms with E-state index >= 15 is 0 Å². The predicted octanol–water partition coefficient (Wildman–Crippen LogP) is 1.37. The maximum absolute atomic E-state index is 11.6. The molecule has 2 heterocycles. The van der Waals surface area contributed by atoms with Gasteiger partial charge in [-0.3, -0.25) is 0 Å². The van der Waals surface area contributed by atoms with Crippen molar-refractivity contribution in [3.8, 4) is 0 Å². The lowest BCUT2D eigenvalue weighted by atomic mass is 10.2. The summed E-state index contributed by atoms with van der Waals surface area (Å²) in [6, 6.07) is 3.27. The Hall–Kier alpha value is -2.31. The molecule has 1 aromatic rings. The Kier molecular flexibility index (Phi) is 4.62. The molecule has 2 rings (SSSR count). The fourth-order valence-corrected chi connectivity index (χ4v) is 2.28. The van der Waals surface area contributed by atoms with Gasteiger partial charge in [-0.05, 0) is 26.0 Å². The summed E-state index contributed by atoms with van der Waals surface area (Å²) in [6.07, 6.45) is -0.289. The van der Waals surface area contributed by atoms with Gasteiger partial charge in [0.15, 0.2) is 0 Å². The van der Waals surface area contributed by atoms with Crippen LogP contribution in [0, 0.1) is 6.92 Å². The van der Waals surface area contributed by atoms with Crippen LogP contribution in [0.2, 0.25) is 0 Å². The minimum Gasteiger partial charge on any atom is -0.478 e. The summed E-state index contributed by atoms with van der Waals surface area (Å²) in [6.45, 7) is 6.28. The van der Waals surface area contributed by atoms with Gasteiger partial charge < -0.3 is 19.6 Å². The highest BCUT2D eigenvalue weighted by atomic mass is 16.6. The molecule has 0 spiro atoms. The highest BCUT2D eigenvalue weighted by Crippen LogP contribution is 2.17. The molecule has 1 aliphatic heterocycles. The molecular weight excluding hydrogens is 274 g/mol. The van der Waals surface area contributed by atoms with E-state index in [2.05, 4.69) is 4.98 Å². The lowest BCUT2D eigenvalue weighted by Crippen LogP contribution is -2.49. The van der Waals surface area contributed by atoms with E-state index in [0.717, 1.165) is 5.82 Å². The number of ether oxygens (including phenoxy) is 1. The molecule has 1 N–H and O–H groups in total. The molecule has 114 valence electrons. The average Bonchev–Trinajstić information content (AvgIpc) is 2.47. The van der Waals surface area contributed by atoms with Gasteiger partial charge in [0.2, 0.25) is 0 Å². The van der Waals surface area contributed by atoms with Crippen molar-refractivity contribution in [2.75, 3.05) is 37.7 Å². The molecule has 7 heteroatoms. The number of aromatic carboxylic acids is 1. The second-order valence-electron chi connectivity index (χ2n) is 4.78. The number of hydrogen-bond donors (Lipinski definition) is 1. The minimum atomic E-state index is -0.973. The summed E-state index contributed by atoms with van der Waals surface area (Å²) in [5.41, 5.74) is 0.705. The number of hydrogen-bond acceptors (Lipinski definition) is 5. The number of amides is 1. The van der Waals surface area contributed by atoms with Crippen LogP contribution in [0.4, 0.5) is 10.6 Å². The first-order valence-corrected chi connectivity index (χ1v) is 6.90. The number of carboxylic acids is 1. The highest BCUT2D eigenvalue weighted by molar-refractivity contribution is 5.89. The summed E-state index contributed by atoms with van der Waals surface area (Å²) in [4.78, 5) is 30.6. The summed E-state index contributed by atoms with van der Waals surface area (Å²) < 4.78 is 4.97. The van der Waals surface area contributed by atoms with E-state index in [1.165, 1.54) is 0 Å². The van der Waals surface area contributed by atoms with Crippen LogP contribution >= 0.6 is 0 Å². The van der Waals surface area contributed by atoms with Crippen molar-refractivity contribution in [2.45, 2.75) is 13.8 Å². The molecule has 1 amide bonds. The third kappa shape index (κ3) is 3.42. The Morgan fingerprint density at radius 3 is 2.48 bits per heavy atom. The molecular formula is C14H19N3O4. The number of carboxylic acid groups (broad SMARTS) is 1. The van der Waals surface area contributed by atoms with Crippen LogP contribution in [-0.2, 0) is 4.74 Å². The second kappa shape index (κ2) is 6.43. The van der Waals surface area contributed by atoms with Crippen molar-refractivity contribution in [1.82, 2.24) is 9.88 Å². The van der Waals surface area contributed by atoms with Crippen molar-refractivity contribution < 1.29 is 19.4 Å². The largest absolute Gasteiger partial charge is 0.478 e. The van der Waals surface area contributed by atoms with Crippen LogP contribution in [0.3, 0.4) is 0 Å². The molecule has 0 radical (unpaired) electrons. The molecule has 0 aromatic carbocycles. The summed E-state index contributed by atoms with van der Waals surface area (Å²) in [5.74, 6) is -0.236. The van der Waals surface area contributed by atoms with Crippen LogP contribution in [0.5, 0.6) is 0 Å². The molecule has 0 aliphatic carbocycles. The summed E-state index contributed by atoms with van der Waals surface area (Å²) in [7, 11) is 0. The zero-order valence-electron chi connectivity index (χ0n) is 12.2. The Morgan fingerprint density at radius 2 is 1.95 bits per heavy atom. The van der Waals surface area contributed by atoms with Crippen LogP contribution in [0.25, 0.3) is 0 Å². The van der Waals surface area contributed by atoms with Crippen LogP contribution in [0.15, 0.2) is 12.1 Å². The van der Waals surface area contributed by atoms with Gasteiger partial charge >= 0.3 is 12.1 Å². The van der Waals surface area contributed by atoms with Crippen molar-refractivity contribution >= 4 is 17.9 Å². The molecule has 1 aliphatic rings. The quantitative estimate of drug-likeness (QED) is 0.906. The van der Waals surface area contributed by atoms with Crippen molar-refractivity contribution in [1.29, 1.82) is 0 Å². The highest BCUT2D eigenvalue weighted by Gasteiger charge is 2.23. The number of rotatable bonds is 3. The van der Waals surface area contributed by atoms with Crippen molar-refractivity contribution in [3.05, 3.63) is 23.4 Å². The number of piperazine rings is 1. The van der Waals surface area contributed by atoms with Gasteiger partial charge in [-0.25, -0.2) is 14.6 Å². The summed E-state index contributed by atoms with van der Waals surface area (Å²) in [5, 5.41) is 9.00. The SMILES string of the molecule is CCOC(=O)N1CCN(c2ccc(C(=O)O)c(C)n2)CC1. The first-order valence-electron chi connectivity index (χ1n) is 6.90. The van der Waals surface area contributed by atoms with Crippen molar-refractivity contribution in [2.24, 2.45) is 0 Å². The van der Waals surface area contributed by atoms with Gasteiger partial charge in [-0.1, -0.05) is 0 Å². The van der Waals surface area contributed by atoms with Crippen LogP contribution < -0.4 is 4.90 Å². The zero-order valence-corrected chi connectivity index (χ0v) is 12.2. The Morgan fingerprint density at radius 1 is 1.29 bits per heavy atom. The topological polar surface area (TPSA) is 83.0 Å². The van der Waals surface area contributed by atoms with E-state index in [1.807, 2.05) is 4.90 Å². The molecule has 0 saturated carbocycles. The molecule has 1 aromatic heterocycles. The van der Waals surface area contributed by atoms with E-state index in [9.17, 15) is 9.59 Å². The maximum atomic E-state index is 11.6. The number of carbonyl (C=O) groups is 2. The first-order chi connectivity index (χ1) is 10.0. The van der Waals surface area contributed by atoms with E-state index in [1.54, 1.807) is 30.9 Å².